The average Bonchev–Trinajstić information content (AvgIpc) is 3.20. The molecule has 0 spiro atoms. The SMILES string of the molecule is C=NO/C(=C\C)CC(Cc1c[nH]c2ccccc12)NC(=O)c1ccc(OC)c(OC)c1. The van der Waals surface area contributed by atoms with Crippen molar-refractivity contribution in [1.29, 1.82) is 0 Å². The van der Waals surface area contributed by atoms with Gasteiger partial charge in [-0.1, -0.05) is 23.4 Å². The Labute approximate surface area is 181 Å². The van der Waals surface area contributed by atoms with Gasteiger partial charge in [-0.3, -0.25) is 4.79 Å². The molecule has 0 saturated heterocycles. The van der Waals surface area contributed by atoms with Crippen molar-refractivity contribution in [2.75, 3.05) is 14.2 Å². The fourth-order valence-corrected chi connectivity index (χ4v) is 3.52. The highest BCUT2D eigenvalue weighted by Crippen LogP contribution is 2.28. The molecule has 1 amide bonds. The number of aromatic nitrogens is 1. The van der Waals surface area contributed by atoms with Gasteiger partial charge in [0, 0.05) is 41.8 Å². The standard InChI is InChI=1S/C24H27N3O4/c1-5-19(31-25-2)14-18(12-17-15-26-21-9-7-6-8-20(17)21)27-24(28)16-10-11-22(29-3)23(13-16)30-4/h5-11,13,15,18,26H,2,12,14H2,1,3-4H3,(H,27,28)/b19-5-. The summed E-state index contributed by atoms with van der Waals surface area (Å²) >= 11 is 0. The largest absolute Gasteiger partial charge is 0.493 e. The third-order valence-corrected chi connectivity index (χ3v) is 5.07. The predicted octanol–water partition coefficient (Wildman–Crippen LogP) is 4.45. The zero-order valence-corrected chi connectivity index (χ0v) is 18.0. The van der Waals surface area contributed by atoms with Gasteiger partial charge in [0.15, 0.2) is 11.5 Å². The maximum atomic E-state index is 13.0. The van der Waals surface area contributed by atoms with Gasteiger partial charge in [0.2, 0.25) is 0 Å². The number of amides is 1. The molecular weight excluding hydrogens is 394 g/mol. The number of nitrogens with zero attached hydrogens (tertiary/aromatic N) is 1. The minimum absolute atomic E-state index is 0.215. The van der Waals surface area contributed by atoms with Crippen molar-refractivity contribution < 1.29 is 19.1 Å². The molecule has 162 valence electrons. The van der Waals surface area contributed by atoms with Crippen LogP contribution in [-0.4, -0.2) is 37.9 Å². The van der Waals surface area contributed by atoms with Crippen molar-refractivity contribution >= 4 is 23.5 Å². The lowest BCUT2D eigenvalue weighted by molar-refractivity contribution is 0.0931. The number of ether oxygens (including phenoxy) is 2. The highest BCUT2D eigenvalue weighted by molar-refractivity contribution is 5.95. The molecule has 1 atom stereocenters. The monoisotopic (exact) mass is 421 g/mol. The van der Waals surface area contributed by atoms with Crippen LogP contribution >= 0.6 is 0 Å². The van der Waals surface area contributed by atoms with Crippen molar-refractivity contribution in [3.8, 4) is 11.5 Å². The minimum atomic E-state index is -0.229. The zero-order valence-electron chi connectivity index (χ0n) is 18.0. The summed E-state index contributed by atoms with van der Waals surface area (Å²) in [5, 5.41) is 7.76. The number of allylic oxidation sites excluding steroid dienone is 1. The van der Waals surface area contributed by atoms with Crippen LogP contribution < -0.4 is 14.8 Å². The number of hydrogen-bond acceptors (Lipinski definition) is 5. The third kappa shape index (κ3) is 5.25. The van der Waals surface area contributed by atoms with Crippen molar-refractivity contribution in [2.24, 2.45) is 5.16 Å². The summed E-state index contributed by atoms with van der Waals surface area (Å²) in [6, 6.07) is 12.9. The van der Waals surface area contributed by atoms with Gasteiger partial charge in [0.25, 0.3) is 5.91 Å². The van der Waals surface area contributed by atoms with Crippen molar-refractivity contribution in [1.82, 2.24) is 10.3 Å². The molecular formula is C24H27N3O4. The Morgan fingerprint density at radius 1 is 1.19 bits per heavy atom. The predicted molar refractivity (Wildman–Crippen MR) is 122 cm³/mol. The van der Waals surface area contributed by atoms with E-state index in [4.69, 9.17) is 14.3 Å². The van der Waals surface area contributed by atoms with E-state index in [0.29, 0.717) is 35.7 Å². The normalized spacial score (nSPS) is 12.3. The number of rotatable bonds is 10. The molecule has 3 aromatic rings. The fourth-order valence-electron chi connectivity index (χ4n) is 3.52. The van der Waals surface area contributed by atoms with Crippen molar-refractivity contribution in [3.05, 3.63) is 71.6 Å². The number of benzene rings is 2. The smallest absolute Gasteiger partial charge is 0.251 e. The Morgan fingerprint density at radius 2 is 1.97 bits per heavy atom. The number of carbonyl (C=O) groups excluding carboxylic acids is 1. The number of methoxy groups -OCH3 is 2. The Bertz CT molecular complexity index is 1090. The van der Waals surface area contributed by atoms with E-state index in [9.17, 15) is 4.79 Å². The molecule has 0 bridgehead atoms. The molecule has 0 aliphatic carbocycles. The van der Waals surface area contributed by atoms with Crippen LogP contribution in [0.25, 0.3) is 10.9 Å². The molecule has 31 heavy (non-hydrogen) atoms. The number of para-hydroxylation sites is 1. The second-order valence-corrected chi connectivity index (χ2v) is 6.98. The van der Waals surface area contributed by atoms with Gasteiger partial charge in [-0.15, -0.1) is 0 Å². The summed E-state index contributed by atoms with van der Waals surface area (Å²) < 4.78 is 10.6. The van der Waals surface area contributed by atoms with Crippen LogP contribution in [0.3, 0.4) is 0 Å². The highest BCUT2D eigenvalue weighted by atomic mass is 16.6. The van der Waals surface area contributed by atoms with E-state index in [-0.39, 0.29) is 11.9 Å². The van der Waals surface area contributed by atoms with Gasteiger partial charge in [-0.05, 0) is 49.2 Å². The van der Waals surface area contributed by atoms with Crippen LogP contribution in [0.1, 0.15) is 29.3 Å². The summed E-state index contributed by atoms with van der Waals surface area (Å²) in [6.07, 6.45) is 4.87. The first-order valence-corrected chi connectivity index (χ1v) is 9.95. The van der Waals surface area contributed by atoms with E-state index in [0.717, 1.165) is 16.5 Å². The van der Waals surface area contributed by atoms with Crippen LogP contribution in [0, 0.1) is 0 Å². The maximum Gasteiger partial charge on any atom is 0.251 e. The first-order chi connectivity index (χ1) is 15.1. The molecule has 3 rings (SSSR count). The molecule has 0 aliphatic rings. The zero-order chi connectivity index (χ0) is 22.2. The molecule has 1 unspecified atom stereocenters. The minimum Gasteiger partial charge on any atom is -0.493 e. The number of oxime groups is 1. The molecule has 0 fully saturated rings. The highest BCUT2D eigenvalue weighted by Gasteiger charge is 2.20. The van der Waals surface area contributed by atoms with Crippen LogP contribution in [0.4, 0.5) is 0 Å². The van der Waals surface area contributed by atoms with E-state index in [1.165, 1.54) is 7.11 Å². The number of hydrogen-bond donors (Lipinski definition) is 2. The van der Waals surface area contributed by atoms with E-state index in [1.807, 2.05) is 37.4 Å². The molecule has 7 nitrogen and oxygen atoms in total. The lowest BCUT2D eigenvalue weighted by Crippen LogP contribution is -2.37. The van der Waals surface area contributed by atoms with Crippen LogP contribution in [-0.2, 0) is 11.3 Å². The van der Waals surface area contributed by atoms with Crippen LogP contribution in [0.5, 0.6) is 11.5 Å². The second-order valence-electron chi connectivity index (χ2n) is 6.98. The van der Waals surface area contributed by atoms with Crippen molar-refractivity contribution in [3.63, 3.8) is 0 Å². The second kappa shape index (κ2) is 10.3. The van der Waals surface area contributed by atoms with Gasteiger partial charge in [0.1, 0.15) is 5.76 Å². The Morgan fingerprint density at radius 3 is 2.68 bits per heavy atom. The molecule has 2 aromatic carbocycles. The first-order valence-electron chi connectivity index (χ1n) is 9.95. The number of aromatic amines is 1. The Kier molecular flexibility index (Phi) is 7.32. The van der Waals surface area contributed by atoms with E-state index in [1.54, 1.807) is 25.3 Å². The molecule has 1 aromatic heterocycles. The van der Waals surface area contributed by atoms with Crippen LogP contribution in [0.2, 0.25) is 0 Å². The Balaban J connectivity index is 1.85. The summed E-state index contributed by atoms with van der Waals surface area (Å²) in [5.74, 6) is 1.48. The van der Waals surface area contributed by atoms with Gasteiger partial charge in [0.05, 0.1) is 14.2 Å². The Hall–Kier alpha value is -3.74. The number of fused-ring (bicyclic) bond motifs is 1. The topological polar surface area (TPSA) is 84.9 Å². The molecule has 0 aliphatic heterocycles. The maximum absolute atomic E-state index is 13.0. The van der Waals surface area contributed by atoms with Gasteiger partial charge < -0.3 is 24.6 Å². The molecule has 0 radical (unpaired) electrons. The lowest BCUT2D eigenvalue weighted by atomic mass is 10.0. The average molecular weight is 421 g/mol. The number of nitrogens with one attached hydrogen (secondary N) is 2. The summed E-state index contributed by atoms with van der Waals surface area (Å²) in [5.41, 5.74) is 2.64. The quantitative estimate of drug-likeness (QED) is 0.288. The first kappa shape index (κ1) is 22.0. The number of carbonyl (C=O) groups is 1. The van der Waals surface area contributed by atoms with Gasteiger partial charge >= 0.3 is 0 Å². The molecule has 7 heteroatoms. The van der Waals surface area contributed by atoms with E-state index < -0.39 is 0 Å². The molecule has 2 N–H and O–H groups in total. The van der Waals surface area contributed by atoms with E-state index >= 15 is 0 Å². The lowest BCUT2D eigenvalue weighted by Gasteiger charge is -2.20. The summed E-state index contributed by atoms with van der Waals surface area (Å²) in [4.78, 5) is 21.6. The third-order valence-electron chi connectivity index (χ3n) is 5.07. The van der Waals surface area contributed by atoms with Gasteiger partial charge in [-0.25, -0.2) is 0 Å². The fraction of sp³-hybridized carbons (Fsp3) is 0.250. The number of H-pyrrole nitrogens is 1. The van der Waals surface area contributed by atoms with Crippen molar-refractivity contribution in [2.45, 2.75) is 25.8 Å². The van der Waals surface area contributed by atoms with Gasteiger partial charge in [-0.2, -0.15) is 0 Å². The molecule has 1 heterocycles. The van der Waals surface area contributed by atoms with Crippen LogP contribution in [0.15, 0.2) is 65.7 Å². The molecule has 0 saturated carbocycles. The summed E-state index contributed by atoms with van der Waals surface area (Å²) in [7, 11) is 3.10. The summed E-state index contributed by atoms with van der Waals surface area (Å²) in [6.45, 7) is 5.25. The van der Waals surface area contributed by atoms with E-state index in [2.05, 4.69) is 28.2 Å².